The summed E-state index contributed by atoms with van der Waals surface area (Å²) in [5.41, 5.74) is 8.23. The number of aryl methyl sites for hydroxylation is 1. The van der Waals surface area contributed by atoms with E-state index in [0.717, 1.165) is 31.9 Å². The SMILES string of the molecule is Cc1ccccc1N1CCC(NCCc2nc(N)n[nH]2)CC1. The highest BCUT2D eigenvalue weighted by atomic mass is 15.3. The van der Waals surface area contributed by atoms with Crippen LogP contribution in [0.5, 0.6) is 0 Å². The molecule has 22 heavy (non-hydrogen) atoms. The predicted octanol–water partition coefficient (Wildman–Crippen LogP) is 1.50. The van der Waals surface area contributed by atoms with Crippen LogP contribution in [-0.2, 0) is 6.42 Å². The zero-order valence-electron chi connectivity index (χ0n) is 13.0. The van der Waals surface area contributed by atoms with Gasteiger partial charge < -0.3 is 16.0 Å². The molecule has 0 spiro atoms. The zero-order chi connectivity index (χ0) is 15.4. The van der Waals surface area contributed by atoms with Crippen molar-refractivity contribution in [2.45, 2.75) is 32.2 Å². The summed E-state index contributed by atoms with van der Waals surface area (Å²) in [6.07, 6.45) is 3.18. The molecule has 1 saturated heterocycles. The Morgan fingerprint density at radius 1 is 1.32 bits per heavy atom. The molecule has 0 aliphatic carbocycles. The fraction of sp³-hybridized carbons (Fsp3) is 0.500. The van der Waals surface area contributed by atoms with E-state index in [2.05, 4.69) is 56.6 Å². The standard InChI is InChI=1S/C16H24N6/c1-12-4-2-3-5-14(12)22-10-7-13(8-11-22)18-9-6-15-19-16(17)21-20-15/h2-5,13,18H,6-11H2,1H3,(H3,17,19,20,21). The first-order valence-corrected chi connectivity index (χ1v) is 7.93. The molecule has 2 heterocycles. The van der Waals surface area contributed by atoms with Crippen LogP contribution < -0.4 is 16.0 Å². The maximum Gasteiger partial charge on any atom is 0.239 e. The molecule has 6 heteroatoms. The molecule has 3 rings (SSSR count). The lowest BCUT2D eigenvalue weighted by molar-refractivity contribution is 0.416. The van der Waals surface area contributed by atoms with Gasteiger partial charge in [-0.15, -0.1) is 5.10 Å². The van der Waals surface area contributed by atoms with Crippen molar-refractivity contribution in [2.75, 3.05) is 30.3 Å². The summed E-state index contributed by atoms with van der Waals surface area (Å²) in [4.78, 5) is 6.61. The molecule has 0 unspecified atom stereocenters. The molecule has 0 atom stereocenters. The molecule has 118 valence electrons. The van der Waals surface area contributed by atoms with Gasteiger partial charge in [0.15, 0.2) is 0 Å². The molecule has 1 fully saturated rings. The second kappa shape index (κ2) is 6.79. The quantitative estimate of drug-likeness (QED) is 0.779. The first kappa shape index (κ1) is 14.8. The molecule has 6 nitrogen and oxygen atoms in total. The summed E-state index contributed by atoms with van der Waals surface area (Å²) in [6.45, 7) is 5.31. The second-order valence-electron chi connectivity index (χ2n) is 5.89. The number of para-hydroxylation sites is 1. The Hall–Kier alpha value is -2.08. The van der Waals surface area contributed by atoms with Gasteiger partial charge in [-0.3, -0.25) is 5.10 Å². The number of benzene rings is 1. The Morgan fingerprint density at radius 2 is 2.09 bits per heavy atom. The number of aromatic amines is 1. The Morgan fingerprint density at radius 3 is 2.77 bits per heavy atom. The Labute approximate surface area is 131 Å². The zero-order valence-corrected chi connectivity index (χ0v) is 13.0. The van der Waals surface area contributed by atoms with Gasteiger partial charge in [-0.1, -0.05) is 18.2 Å². The third-order valence-corrected chi connectivity index (χ3v) is 4.29. The van der Waals surface area contributed by atoms with E-state index in [1.807, 2.05) is 0 Å². The van der Waals surface area contributed by atoms with E-state index >= 15 is 0 Å². The monoisotopic (exact) mass is 300 g/mol. The first-order chi connectivity index (χ1) is 10.7. The molecular weight excluding hydrogens is 276 g/mol. The van der Waals surface area contributed by atoms with Gasteiger partial charge in [-0.05, 0) is 31.4 Å². The highest BCUT2D eigenvalue weighted by molar-refractivity contribution is 5.53. The molecule has 1 aromatic carbocycles. The van der Waals surface area contributed by atoms with Gasteiger partial charge in [-0.25, -0.2) is 0 Å². The lowest BCUT2D eigenvalue weighted by Crippen LogP contribution is -2.43. The van der Waals surface area contributed by atoms with Crippen LogP contribution in [-0.4, -0.2) is 40.9 Å². The van der Waals surface area contributed by atoms with Crippen molar-refractivity contribution in [3.63, 3.8) is 0 Å². The maximum atomic E-state index is 5.50. The van der Waals surface area contributed by atoms with Crippen LogP contribution in [0.1, 0.15) is 24.2 Å². The summed E-state index contributed by atoms with van der Waals surface area (Å²) in [5.74, 6) is 1.17. The summed E-state index contributed by atoms with van der Waals surface area (Å²) < 4.78 is 0. The molecule has 0 radical (unpaired) electrons. The summed E-state index contributed by atoms with van der Waals surface area (Å²) in [5, 5.41) is 10.3. The number of aromatic nitrogens is 3. The van der Waals surface area contributed by atoms with Gasteiger partial charge in [0, 0.05) is 37.8 Å². The average Bonchev–Trinajstić information content (AvgIpc) is 2.94. The van der Waals surface area contributed by atoms with Crippen molar-refractivity contribution in [3.8, 4) is 0 Å². The van der Waals surface area contributed by atoms with Crippen molar-refractivity contribution in [1.82, 2.24) is 20.5 Å². The Bertz CT molecular complexity index is 600. The minimum atomic E-state index is 0.321. The maximum absolute atomic E-state index is 5.50. The number of rotatable bonds is 5. The number of nitrogens with zero attached hydrogens (tertiary/aromatic N) is 3. The van der Waals surface area contributed by atoms with Crippen LogP contribution in [0.2, 0.25) is 0 Å². The van der Waals surface area contributed by atoms with E-state index in [-0.39, 0.29) is 0 Å². The van der Waals surface area contributed by atoms with Gasteiger partial charge in [0.05, 0.1) is 0 Å². The Balaban J connectivity index is 1.43. The fourth-order valence-electron chi connectivity index (χ4n) is 3.06. The highest BCUT2D eigenvalue weighted by Gasteiger charge is 2.19. The Kier molecular flexibility index (Phi) is 4.58. The second-order valence-corrected chi connectivity index (χ2v) is 5.89. The molecule has 0 amide bonds. The van der Waals surface area contributed by atoms with Crippen LogP contribution in [0.25, 0.3) is 0 Å². The number of anilines is 2. The van der Waals surface area contributed by atoms with Gasteiger partial charge in [0.1, 0.15) is 5.82 Å². The molecule has 4 N–H and O–H groups in total. The van der Waals surface area contributed by atoms with Gasteiger partial charge >= 0.3 is 0 Å². The molecular formula is C16H24N6. The van der Waals surface area contributed by atoms with Gasteiger partial charge in [0.2, 0.25) is 5.95 Å². The molecule has 0 saturated carbocycles. The fourth-order valence-corrected chi connectivity index (χ4v) is 3.06. The molecule has 1 aliphatic rings. The van der Waals surface area contributed by atoms with E-state index < -0.39 is 0 Å². The molecule has 0 bridgehead atoms. The summed E-state index contributed by atoms with van der Waals surface area (Å²) in [6, 6.07) is 9.21. The number of hydrogen-bond acceptors (Lipinski definition) is 5. The van der Waals surface area contributed by atoms with E-state index in [1.54, 1.807) is 0 Å². The van der Waals surface area contributed by atoms with Crippen molar-refractivity contribution in [2.24, 2.45) is 0 Å². The van der Waals surface area contributed by atoms with Crippen molar-refractivity contribution >= 4 is 11.6 Å². The number of nitrogens with two attached hydrogens (primary N) is 1. The topological polar surface area (TPSA) is 82.9 Å². The number of H-pyrrole nitrogens is 1. The average molecular weight is 300 g/mol. The van der Waals surface area contributed by atoms with Crippen LogP contribution in [0.4, 0.5) is 11.6 Å². The van der Waals surface area contributed by atoms with E-state index in [4.69, 9.17) is 5.73 Å². The third kappa shape index (κ3) is 3.57. The molecule has 1 aliphatic heterocycles. The van der Waals surface area contributed by atoms with Crippen LogP contribution in [0.15, 0.2) is 24.3 Å². The van der Waals surface area contributed by atoms with Crippen LogP contribution >= 0.6 is 0 Å². The number of nitrogens with one attached hydrogen (secondary N) is 2. The lowest BCUT2D eigenvalue weighted by atomic mass is 10.0. The van der Waals surface area contributed by atoms with Crippen molar-refractivity contribution in [3.05, 3.63) is 35.7 Å². The number of hydrogen-bond donors (Lipinski definition) is 3. The van der Waals surface area contributed by atoms with Gasteiger partial charge in [-0.2, -0.15) is 4.98 Å². The van der Waals surface area contributed by atoms with E-state index in [0.29, 0.717) is 12.0 Å². The van der Waals surface area contributed by atoms with Crippen LogP contribution in [0, 0.1) is 6.92 Å². The van der Waals surface area contributed by atoms with Crippen LogP contribution in [0.3, 0.4) is 0 Å². The van der Waals surface area contributed by atoms with Crippen molar-refractivity contribution in [1.29, 1.82) is 0 Å². The molecule has 2 aromatic rings. The van der Waals surface area contributed by atoms with Gasteiger partial charge in [0.25, 0.3) is 0 Å². The smallest absolute Gasteiger partial charge is 0.239 e. The number of nitrogen functional groups attached to an aromatic ring is 1. The molecule has 1 aromatic heterocycles. The first-order valence-electron chi connectivity index (χ1n) is 7.93. The predicted molar refractivity (Wildman–Crippen MR) is 88.9 cm³/mol. The minimum absolute atomic E-state index is 0.321. The number of piperidine rings is 1. The summed E-state index contributed by atoms with van der Waals surface area (Å²) >= 11 is 0. The largest absolute Gasteiger partial charge is 0.371 e. The normalized spacial score (nSPS) is 16.1. The van der Waals surface area contributed by atoms with E-state index in [1.165, 1.54) is 24.1 Å². The van der Waals surface area contributed by atoms with Crippen molar-refractivity contribution < 1.29 is 0 Å². The lowest BCUT2D eigenvalue weighted by Gasteiger charge is -2.35. The van der Waals surface area contributed by atoms with E-state index in [9.17, 15) is 0 Å². The highest BCUT2D eigenvalue weighted by Crippen LogP contribution is 2.23. The summed E-state index contributed by atoms with van der Waals surface area (Å²) in [7, 11) is 0. The minimum Gasteiger partial charge on any atom is -0.371 e. The third-order valence-electron chi connectivity index (χ3n) is 4.29.